The number of nitro benzene ring substituents is 1. The number of nitrogens with two attached hydrogens (primary N) is 2. The predicted molar refractivity (Wildman–Crippen MR) is 131 cm³/mol. The minimum atomic E-state index is -5.08. The molecule has 2 aromatic rings. The molecule has 0 aliphatic rings. The number of hydrogen-bond donors (Lipinski definition) is 5. The van der Waals surface area contributed by atoms with Crippen LogP contribution in [0.4, 0.5) is 18.9 Å². The Morgan fingerprint density at radius 3 is 2.20 bits per heavy atom. The highest BCUT2D eigenvalue weighted by atomic mass is 32.2. The zero-order chi connectivity index (χ0) is 30.5. The lowest BCUT2D eigenvalue weighted by Gasteiger charge is -2.15. The Balaban J connectivity index is 0.00000101. The molecule has 2 aromatic carbocycles. The zero-order valence-corrected chi connectivity index (χ0v) is 21.1. The molecule has 40 heavy (non-hydrogen) atoms. The summed E-state index contributed by atoms with van der Waals surface area (Å²) in [6.07, 6.45) is -4.73. The summed E-state index contributed by atoms with van der Waals surface area (Å²) in [6.45, 7) is 0.571. The van der Waals surface area contributed by atoms with Crippen molar-refractivity contribution in [1.29, 1.82) is 0 Å². The third kappa shape index (κ3) is 12.3. The van der Waals surface area contributed by atoms with Gasteiger partial charge in [-0.3, -0.25) is 14.9 Å². The van der Waals surface area contributed by atoms with Gasteiger partial charge < -0.3 is 31.3 Å². The number of carbonyl (C=O) groups is 2. The molecule has 0 aliphatic heterocycles. The number of hydrogen-bond acceptors (Lipinski definition) is 9. The Hall–Kier alpha value is -4.65. The molecule has 0 bridgehead atoms. The van der Waals surface area contributed by atoms with Gasteiger partial charge in [0.05, 0.1) is 16.4 Å². The summed E-state index contributed by atoms with van der Waals surface area (Å²) in [4.78, 5) is 35.1. The van der Waals surface area contributed by atoms with E-state index in [2.05, 4.69) is 9.88 Å². The van der Waals surface area contributed by atoms with Crippen molar-refractivity contribution in [3.63, 3.8) is 0 Å². The predicted octanol–water partition coefficient (Wildman–Crippen LogP) is 1.18. The largest absolute Gasteiger partial charge is 0.493 e. The first-order valence-corrected chi connectivity index (χ1v) is 12.2. The second kappa shape index (κ2) is 15.1. The van der Waals surface area contributed by atoms with Gasteiger partial charge in [-0.1, -0.05) is 18.2 Å². The van der Waals surface area contributed by atoms with E-state index < -0.39 is 49.7 Å². The molecule has 0 unspecified atom stereocenters. The minimum Gasteiger partial charge on any atom is -0.493 e. The maximum atomic E-state index is 12.5. The van der Waals surface area contributed by atoms with Crippen LogP contribution in [0.15, 0.2) is 58.6 Å². The number of nitrogens with one attached hydrogen (secondary N) is 1. The Labute approximate surface area is 224 Å². The number of benzene rings is 2. The molecule has 0 saturated heterocycles. The molecule has 1 atom stereocenters. The normalized spacial score (nSPS) is 11.8. The van der Waals surface area contributed by atoms with E-state index in [0.29, 0.717) is 24.3 Å². The van der Waals surface area contributed by atoms with Crippen LogP contribution in [0.25, 0.3) is 0 Å². The summed E-state index contributed by atoms with van der Waals surface area (Å²) >= 11 is 0. The van der Waals surface area contributed by atoms with E-state index in [1.165, 1.54) is 6.07 Å². The van der Waals surface area contributed by atoms with Gasteiger partial charge in [0.1, 0.15) is 18.4 Å². The van der Waals surface area contributed by atoms with E-state index in [1.807, 2.05) is 0 Å². The third-order valence-corrected chi connectivity index (χ3v) is 5.83. The van der Waals surface area contributed by atoms with Crippen LogP contribution in [0.5, 0.6) is 5.75 Å². The van der Waals surface area contributed by atoms with Crippen molar-refractivity contribution in [3.05, 3.63) is 64.2 Å². The zero-order valence-electron chi connectivity index (χ0n) is 20.3. The topological polar surface area (TPSA) is 247 Å². The monoisotopic (exact) mass is 595 g/mol. The molecule has 0 fully saturated rings. The second-order valence-corrected chi connectivity index (χ2v) is 9.18. The van der Waals surface area contributed by atoms with Crippen molar-refractivity contribution >= 4 is 33.6 Å². The van der Waals surface area contributed by atoms with Crippen LogP contribution in [0.3, 0.4) is 0 Å². The van der Waals surface area contributed by atoms with E-state index in [1.54, 1.807) is 24.3 Å². The average Bonchev–Trinajstić information content (AvgIpc) is 2.86. The first kappa shape index (κ1) is 33.4. The number of rotatable bonds is 13. The van der Waals surface area contributed by atoms with Crippen molar-refractivity contribution in [1.82, 2.24) is 4.72 Å². The third-order valence-electron chi connectivity index (χ3n) is 4.36. The fourth-order valence-electron chi connectivity index (χ4n) is 2.59. The number of ether oxygens (including phenoxy) is 1. The van der Waals surface area contributed by atoms with Gasteiger partial charge in [0.2, 0.25) is 16.0 Å². The molecule has 0 spiro atoms. The van der Waals surface area contributed by atoms with Gasteiger partial charge in [-0.15, -0.1) is 0 Å². The Kier molecular flexibility index (Phi) is 12.6. The number of sulfonamides is 1. The van der Waals surface area contributed by atoms with Gasteiger partial charge in [0.15, 0.2) is 0 Å². The fraction of sp³-hybridized carbons (Fsp3) is 0.286. The molecule has 19 heteroatoms. The molecule has 0 heterocycles. The van der Waals surface area contributed by atoms with E-state index in [4.69, 9.17) is 30.9 Å². The molecule has 15 nitrogen and oxygen atoms in total. The summed E-state index contributed by atoms with van der Waals surface area (Å²) in [7, 11) is -4.31. The van der Waals surface area contributed by atoms with E-state index in [0.717, 1.165) is 18.2 Å². The number of aliphatic carboxylic acids is 2. The maximum absolute atomic E-state index is 12.5. The fourth-order valence-corrected chi connectivity index (χ4v) is 3.82. The van der Waals surface area contributed by atoms with Gasteiger partial charge in [-0.2, -0.15) is 17.9 Å². The van der Waals surface area contributed by atoms with Crippen molar-refractivity contribution < 1.29 is 55.9 Å². The molecule has 0 saturated carbocycles. The summed E-state index contributed by atoms with van der Waals surface area (Å²) in [5.74, 6) is -3.82. The molecular formula is C21H24F3N5O10S. The van der Waals surface area contributed by atoms with Crippen LogP contribution >= 0.6 is 0 Å². The number of carboxylic acid groups (broad SMARTS) is 2. The van der Waals surface area contributed by atoms with Gasteiger partial charge in [-0.05, 0) is 35.3 Å². The maximum Gasteiger partial charge on any atom is 0.490 e. The highest BCUT2D eigenvalue weighted by Crippen LogP contribution is 2.19. The number of guanidine groups is 1. The van der Waals surface area contributed by atoms with Crippen LogP contribution in [-0.2, 0) is 30.9 Å². The quantitative estimate of drug-likeness (QED) is 0.0720. The summed E-state index contributed by atoms with van der Waals surface area (Å²) < 4.78 is 64.4. The Morgan fingerprint density at radius 1 is 1.10 bits per heavy atom. The summed E-state index contributed by atoms with van der Waals surface area (Å²) in [5, 5.41) is 30.8. The number of halogens is 3. The number of nitro groups is 1. The highest BCUT2D eigenvalue weighted by Gasteiger charge is 2.38. The van der Waals surface area contributed by atoms with Crippen LogP contribution in [0.1, 0.15) is 12.0 Å². The molecule has 0 radical (unpaired) electrons. The standard InChI is InChI=1S/C19H23N5O8S.C2HF3O2/c20-19(21)22-32-10-2-9-31-15-7-5-13(6-8-15)11-17(18(25)26)23-33(29,30)16-4-1-3-14(12-16)24(27)28;3-2(4,5)1(6)7/h1,3-8,12,17,23H,2,9-11H2,(H,25,26)(H4,20,21,22);(H,6,7)/t17-;/m0./s1. The second-order valence-electron chi connectivity index (χ2n) is 7.47. The van der Waals surface area contributed by atoms with Crippen LogP contribution in [0, 0.1) is 10.1 Å². The molecule has 0 aliphatic carbocycles. The Bertz CT molecular complexity index is 1300. The van der Waals surface area contributed by atoms with Crippen LogP contribution in [-0.4, -0.2) is 66.9 Å². The van der Waals surface area contributed by atoms with Crippen LogP contribution < -0.4 is 20.9 Å². The molecule has 0 aromatic heterocycles. The molecule has 0 amide bonds. The van der Waals surface area contributed by atoms with Gasteiger partial charge in [0, 0.05) is 18.6 Å². The van der Waals surface area contributed by atoms with Crippen molar-refractivity contribution in [2.24, 2.45) is 16.6 Å². The number of oxime groups is 1. The first-order chi connectivity index (χ1) is 18.5. The van der Waals surface area contributed by atoms with Crippen LogP contribution in [0.2, 0.25) is 0 Å². The number of alkyl halides is 3. The van der Waals surface area contributed by atoms with Gasteiger partial charge in [-0.25, -0.2) is 13.2 Å². The lowest BCUT2D eigenvalue weighted by Crippen LogP contribution is -2.42. The lowest BCUT2D eigenvalue weighted by molar-refractivity contribution is -0.385. The number of carboxylic acids is 2. The van der Waals surface area contributed by atoms with E-state index >= 15 is 0 Å². The molecule has 2 rings (SSSR count). The lowest BCUT2D eigenvalue weighted by atomic mass is 10.1. The van der Waals surface area contributed by atoms with Gasteiger partial charge >= 0.3 is 18.1 Å². The first-order valence-electron chi connectivity index (χ1n) is 10.7. The van der Waals surface area contributed by atoms with Crippen molar-refractivity contribution in [2.75, 3.05) is 13.2 Å². The summed E-state index contributed by atoms with van der Waals surface area (Å²) in [6, 6.07) is 9.27. The number of non-ortho nitro benzene ring substituents is 1. The Morgan fingerprint density at radius 2 is 1.70 bits per heavy atom. The van der Waals surface area contributed by atoms with Crippen molar-refractivity contribution in [3.8, 4) is 5.75 Å². The number of nitrogens with zero attached hydrogens (tertiary/aromatic N) is 2. The summed E-state index contributed by atoms with van der Waals surface area (Å²) in [5.41, 5.74) is 10.3. The van der Waals surface area contributed by atoms with Gasteiger partial charge in [0.25, 0.3) is 5.69 Å². The SMILES string of the molecule is NC(N)=NOCCCOc1ccc(C[C@H](NS(=O)(=O)c2cccc([N+](=O)[O-])c2)C(=O)O)cc1.O=C(O)C(F)(F)F. The average molecular weight is 596 g/mol. The van der Waals surface area contributed by atoms with Crippen molar-refractivity contribution in [2.45, 2.75) is 30.0 Å². The van der Waals surface area contributed by atoms with E-state index in [-0.39, 0.29) is 19.0 Å². The van der Waals surface area contributed by atoms with E-state index in [9.17, 15) is 41.6 Å². The molecular weight excluding hydrogens is 571 g/mol. The minimum absolute atomic E-state index is 0.157. The molecule has 7 N–H and O–H groups in total. The highest BCUT2D eigenvalue weighted by molar-refractivity contribution is 7.89. The smallest absolute Gasteiger partial charge is 0.490 e. The molecule has 220 valence electrons.